The number of likely N-dealkylation sites (tertiary alicyclic amines) is 1. The first-order chi connectivity index (χ1) is 13.7. The predicted molar refractivity (Wildman–Crippen MR) is 114 cm³/mol. The van der Waals surface area contributed by atoms with Crippen molar-refractivity contribution in [3.05, 3.63) is 29.8 Å². The summed E-state index contributed by atoms with van der Waals surface area (Å²) in [6, 6.07) is 7.89. The second-order valence-electron chi connectivity index (χ2n) is 7.66. The molecule has 0 saturated carbocycles. The molecule has 0 spiro atoms. The summed E-state index contributed by atoms with van der Waals surface area (Å²) in [5, 5.41) is 3.45. The molecule has 2 rings (SSSR count). The molecule has 0 aromatic heterocycles. The average molecular weight is 389 g/mol. The van der Waals surface area contributed by atoms with Crippen molar-refractivity contribution in [2.75, 3.05) is 32.1 Å². The van der Waals surface area contributed by atoms with Crippen LogP contribution in [0.2, 0.25) is 0 Å². The molecule has 156 valence electrons. The molecule has 0 aliphatic carbocycles. The van der Waals surface area contributed by atoms with E-state index in [0.717, 1.165) is 63.0 Å². The fourth-order valence-corrected chi connectivity index (χ4v) is 3.62. The molecule has 0 bridgehead atoms. The van der Waals surface area contributed by atoms with Crippen molar-refractivity contribution < 1.29 is 14.3 Å². The lowest BCUT2D eigenvalue weighted by molar-refractivity contribution is -0.140. The van der Waals surface area contributed by atoms with Crippen molar-refractivity contribution in [2.45, 2.75) is 70.6 Å². The molecule has 1 aromatic carbocycles. The van der Waals surface area contributed by atoms with Crippen LogP contribution in [-0.4, -0.2) is 43.5 Å². The molecule has 1 aliphatic heterocycles. The number of unbranched alkanes of at least 4 members (excludes halogenated alkanes) is 7. The zero-order valence-electron chi connectivity index (χ0n) is 17.4. The number of anilines is 1. The number of benzene rings is 1. The van der Waals surface area contributed by atoms with Gasteiger partial charge in [-0.05, 0) is 49.9 Å². The Morgan fingerprint density at radius 3 is 2.07 bits per heavy atom. The predicted octanol–water partition coefficient (Wildman–Crippen LogP) is 5.02. The van der Waals surface area contributed by atoms with E-state index in [1.165, 1.54) is 39.2 Å². The highest BCUT2D eigenvalue weighted by molar-refractivity contribution is 5.94. The van der Waals surface area contributed by atoms with Gasteiger partial charge in [-0.25, -0.2) is 0 Å². The first-order valence-corrected chi connectivity index (χ1v) is 10.9. The van der Waals surface area contributed by atoms with Gasteiger partial charge in [0.2, 0.25) is 0 Å². The van der Waals surface area contributed by atoms with Gasteiger partial charge in [0.1, 0.15) is 0 Å². The number of methoxy groups -OCH3 is 1. The number of ether oxygens (including phenoxy) is 1. The normalized spacial score (nSPS) is 13.5. The van der Waals surface area contributed by atoms with E-state index in [0.29, 0.717) is 6.42 Å². The number of nitrogens with zero attached hydrogens (tertiary/aromatic N) is 1. The first kappa shape index (κ1) is 22.3. The molecule has 0 atom stereocenters. The lowest BCUT2D eigenvalue weighted by Gasteiger charge is -2.15. The molecule has 5 heteroatoms. The summed E-state index contributed by atoms with van der Waals surface area (Å²) in [5.74, 6) is 0.0645. The van der Waals surface area contributed by atoms with E-state index in [9.17, 15) is 9.59 Å². The molecule has 1 N–H and O–H groups in total. The van der Waals surface area contributed by atoms with Crippen LogP contribution in [0, 0.1) is 0 Å². The second-order valence-corrected chi connectivity index (χ2v) is 7.66. The van der Waals surface area contributed by atoms with Gasteiger partial charge < -0.3 is 15.0 Å². The Kier molecular flexibility index (Phi) is 10.5. The third kappa shape index (κ3) is 8.32. The summed E-state index contributed by atoms with van der Waals surface area (Å²) in [5.41, 5.74) is 1.88. The molecule has 1 heterocycles. The number of rotatable bonds is 13. The summed E-state index contributed by atoms with van der Waals surface area (Å²) in [7, 11) is 1.45. The highest BCUT2D eigenvalue weighted by atomic mass is 16.5. The van der Waals surface area contributed by atoms with E-state index in [2.05, 4.69) is 10.1 Å². The minimum absolute atomic E-state index is 0.0969. The Morgan fingerprint density at radius 1 is 0.893 bits per heavy atom. The third-order valence-electron chi connectivity index (χ3n) is 5.39. The first-order valence-electron chi connectivity index (χ1n) is 10.9. The van der Waals surface area contributed by atoms with E-state index >= 15 is 0 Å². The zero-order valence-corrected chi connectivity index (χ0v) is 17.4. The Labute approximate surface area is 169 Å². The topological polar surface area (TPSA) is 58.6 Å². The summed E-state index contributed by atoms with van der Waals surface area (Å²) < 4.78 is 4.64. The number of hydrogen-bond acceptors (Lipinski definition) is 4. The van der Waals surface area contributed by atoms with Crippen molar-refractivity contribution in [1.82, 2.24) is 4.90 Å². The number of amides is 1. The minimum Gasteiger partial charge on any atom is -0.469 e. The van der Waals surface area contributed by atoms with Crippen LogP contribution in [0.5, 0.6) is 0 Å². The molecule has 5 nitrogen and oxygen atoms in total. The van der Waals surface area contributed by atoms with E-state index in [4.69, 9.17) is 0 Å². The van der Waals surface area contributed by atoms with Crippen molar-refractivity contribution in [2.24, 2.45) is 0 Å². The summed E-state index contributed by atoms with van der Waals surface area (Å²) >= 11 is 0. The fraction of sp³-hybridized carbons (Fsp3) is 0.652. The monoisotopic (exact) mass is 388 g/mol. The molecular formula is C23H36N2O3. The third-order valence-corrected chi connectivity index (χ3v) is 5.39. The van der Waals surface area contributed by atoms with Crippen molar-refractivity contribution >= 4 is 17.6 Å². The summed E-state index contributed by atoms with van der Waals surface area (Å²) in [6.07, 6.45) is 12.3. The van der Waals surface area contributed by atoms with E-state index in [-0.39, 0.29) is 11.9 Å². The van der Waals surface area contributed by atoms with Crippen LogP contribution in [-0.2, 0) is 9.53 Å². The smallest absolute Gasteiger partial charge is 0.305 e. The van der Waals surface area contributed by atoms with E-state index in [1.54, 1.807) is 0 Å². The Hall–Kier alpha value is -2.04. The second kappa shape index (κ2) is 13.2. The van der Waals surface area contributed by atoms with Gasteiger partial charge in [0.05, 0.1) is 7.11 Å². The van der Waals surface area contributed by atoms with Gasteiger partial charge in [0, 0.05) is 37.3 Å². The Bertz CT molecular complexity index is 580. The molecule has 1 saturated heterocycles. The maximum Gasteiger partial charge on any atom is 0.305 e. The summed E-state index contributed by atoms with van der Waals surface area (Å²) in [6.45, 7) is 2.76. The van der Waals surface area contributed by atoms with Crippen LogP contribution < -0.4 is 5.32 Å². The van der Waals surface area contributed by atoms with Crippen LogP contribution in [0.15, 0.2) is 24.3 Å². The van der Waals surface area contributed by atoms with Crippen LogP contribution in [0.1, 0.15) is 81.0 Å². The maximum absolute atomic E-state index is 12.3. The highest BCUT2D eigenvalue weighted by Crippen LogP contribution is 2.16. The highest BCUT2D eigenvalue weighted by Gasteiger charge is 2.18. The minimum atomic E-state index is -0.0969. The molecule has 1 aliphatic rings. The zero-order chi connectivity index (χ0) is 20.0. The van der Waals surface area contributed by atoms with Crippen molar-refractivity contribution in [1.29, 1.82) is 0 Å². The van der Waals surface area contributed by atoms with Gasteiger partial charge in [-0.2, -0.15) is 0 Å². The molecule has 0 unspecified atom stereocenters. The van der Waals surface area contributed by atoms with Gasteiger partial charge in [-0.1, -0.05) is 38.5 Å². The Morgan fingerprint density at radius 2 is 1.46 bits per heavy atom. The number of hydrogen-bond donors (Lipinski definition) is 1. The largest absolute Gasteiger partial charge is 0.469 e. The standard InChI is InChI=1S/C23H36N2O3/c1-28-22(26)12-8-6-4-2-3-5-7-9-17-24-21-15-13-20(14-16-21)23(27)25-18-10-11-19-25/h13-16,24H,2-12,17-19H2,1H3. The number of carbonyl (C=O) groups excluding carboxylic acids is 2. The van der Waals surface area contributed by atoms with E-state index in [1.807, 2.05) is 29.2 Å². The van der Waals surface area contributed by atoms with Crippen LogP contribution in [0.3, 0.4) is 0 Å². The average Bonchev–Trinajstić information content (AvgIpc) is 3.26. The lowest BCUT2D eigenvalue weighted by atomic mass is 10.1. The Balaban J connectivity index is 1.46. The van der Waals surface area contributed by atoms with Crippen molar-refractivity contribution in [3.63, 3.8) is 0 Å². The SMILES string of the molecule is COC(=O)CCCCCCCCCCNc1ccc(C(=O)N2CCCC2)cc1. The van der Waals surface area contributed by atoms with E-state index < -0.39 is 0 Å². The van der Waals surface area contributed by atoms with Gasteiger partial charge in [-0.3, -0.25) is 9.59 Å². The number of carbonyl (C=O) groups is 2. The molecule has 0 radical (unpaired) electrons. The fourth-order valence-electron chi connectivity index (χ4n) is 3.62. The van der Waals surface area contributed by atoms with Gasteiger partial charge in [-0.15, -0.1) is 0 Å². The molecule has 28 heavy (non-hydrogen) atoms. The van der Waals surface area contributed by atoms with Crippen LogP contribution >= 0.6 is 0 Å². The molecule has 1 fully saturated rings. The lowest BCUT2D eigenvalue weighted by Crippen LogP contribution is -2.27. The van der Waals surface area contributed by atoms with Gasteiger partial charge in [0.25, 0.3) is 5.91 Å². The molecule has 1 aromatic rings. The number of esters is 1. The molecular weight excluding hydrogens is 352 g/mol. The van der Waals surface area contributed by atoms with Gasteiger partial charge in [0.15, 0.2) is 0 Å². The van der Waals surface area contributed by atoms with Crippen molar-refractivity contribution in [3.8, 4) is 0 Å². The van der Waals surface area contributed by atoms with Gasteiger partial charge >= 0.3 is 5.97 Å². The van der Waals surface area contributed by atoms with Crippen LogP contribution in [0.4, 0.5) is 5.69 Å². The van der Waals surface area contributed by atoms with Crippen LogP contribution in [0.25, 0.3) is 0 Å². The summed E-state index contributed by atoms with van der Waals surface area (Å²) in [4.78, 5) is 25.3. The molecule has 1 amide bonds. The maximum atomic E-state index is 12.3. The number of nitrogens with one attached hydrogen (secondary N) is 1. The quantitative estimate of drug-likeness (QED) is 0.381.